The third-order valence-corrected chi connectivity index (χ3v) is 4.77. The van der Waals surface area contributed by atoms with Gasteiger partial charge in [-0.15, -0.1) is 0 Å². The molecule has 0 aromatic carbocycles. The molecule has 170 valence electrons. The number of aliphatic carboxylic acids is 2. The first kappa shape index (κ1) is 29.4. The third-order valence-electron chi connectivity index (χ3n) is 4.77. The van der Waals surface area contributed by atoms with Crippen LogP contribution in [0.1, 0.15) is 105 Å². The van der Waals surface area contributed by atoms with Crippen LogP contribution in [0.15, 0.2) is 24.0 Å². The van der Waals surface area contributed by atoms with Crippen molar-refractivity contribution in [3.8, 4) is 0 Å². The predicted octanol–water partition coefficient (Wildman–Crippen LogP) is 7.13. The second-order valence-corrected chi connectivity index (χ2v) is 7.34. The highest BCUT2D eigenvalue weighted by Crippen LogP contribution is 2.36. The highest BCUT2D eigenvalue weighted by atomic mass is 16.4. The molecule has 1 unspecified atom stereocenters. The Morgan fingerprint density at radius 2 is 1.62 bits per heavy atom. The number of carboxylic acids is 2. The van der Waals surface area contributed by atoms with Crippen molar-refractivity contribution in [2.24, 2.45) is 11.8 Å². The van der Waals surface area contributed by atoms with Gasteiger partial charge in [-0.25, -0.2) is 0 Å². The zero-order chi connectivity index (χ0) is 22.5. The minimum absolute atomic E-state index is 0.177. The van der Waals surface area contributed by atoms with Crippen molar-refractivity contribution < 1.29 is 24.9 Å². The fourth-order valence-corrected chi connectivity index (χ4v) is 3.41. The Labute approximate surface area is 177 Å². The van der Waals surface area contributed by atoms with Crippen LogP contribution < -0.4 is 0 Å². The standard InChI is InChI=1S/C20H34O3.C2H4O2.C2H6/c1-2-3-4-5-6-7-11-17-12-10-13-18(17)16-19(21)14-8-9-15-20(22)23;1-2(3)4;1-2/h7,11,14,17-18,21H,2-6,8-10,12-13,15-16H2,1H3,(H,22,23);1H3,(H,3,4);1-2H3/b11-7+,19-14-;;/t17?,18-;;/m1../s1. The van der Waals surface area contributed by atoms with E-state index in [-0.39, 0.29) is 6.42 Å². The van der Waals surface area contributed by atoms with E-state index in [9.17, 15) is 9.90 Å². The van der Waals surface area contributed by atoms with Crippen molar-refractivity contribution in [1.29, 1.82) is 0 Å². The number of aliphatic hydroxyl groups is 1. The number of aliphatic hydroxyl groups excluding tert-OH is 1. The lowest BCUT2D eigenvalue weighted by Gasteiger charge is -2.16. The molecular weight excluding hydrogens is 368 g/mol. The number of carboxylic acid groups (broad SMARTS) is 2. The van der Waals surface area contributed by atoms with Crippen molar-refractivity contribution in [1.82, 2.24) is 0 Å². The minimum Gasteiger partial charge on any atom is -0.513 e. The van der Waals surface area contributed by atoms with Gasteiger partial charge < -0.3 is 15.3 Å². The van der Waals surface area contributed by atoms with Gasteiger partial charge in [0.2, 0.25) is 0 Å². The van der Waals surface area contributed by atoms with Gasteiger partial charge in [0.15, 0.2) is 0 Å². The summed E-state index contributed by atoms with van der Waals surface area (Å²) in [5, 5.41) is 26.1. The fraction of sp³-hybridized carbons (Fsp3) is 0.750. The molecule has 1 aliphatic rings. The van der Waals surface area contributed by atoms with Crippen LogP contribution >= 0.6 is 0 Å². The third kappa shape index (κ3) is 20.8. The normalized spacial score (nSPS) is 18.6. The fourth-order valence-electron chi connectivity index (χ4n) is 3.41. The number of carbonyl (C=O) groups is 2. The van der Waals surface area contributed by atoms with Crippen molar-refractivity contribution in [2.75, 3.05) is 0 Å². The summed E-state index contributed by atoms with van der Waals surface area (Å²) in [7, 11) is 0. The van der Waals surface area contributed by atoms with Gasteiger partial charge in [-0.2, -0.15) is 0 Å². The topological polar surface area (TPSA) is 94.8 Å². The zero-order valence-corrected chi connectivity index (χ0v) is 19.0. The molecule has 1 rings (SSSR count). The van der Waals surface area contributed by atoms with Gasteiger partial charge in [0.05, 0.1) is 5.76 Å². The molecule has 1 fully saturated rings. The highest BCUT2D eigenvalue weighted by molar-refractivity contribution is 5.66. The second kappa shape index (κ2) is 20.9. The summed E-state index contributed by atoms with van der Waals surface area (Å²) in [5.41, 5.74) is 0. The van der Waals surface area contributed by atoms with E-state index in [0.717, 1.165) is 13.3 Å². The van der Waals surface area contributed by atoms with Crippen LogP contribution in [0.4, 0.5) is 0 Å². The van der Waals surface area contributed by atoms with E-state index in [1.54, 1.807) is 0 Å². The molecule has 0 aromatic heterocycles. The van der Waals surface area contributed by atoms with E-state index in [2.05, 4.69) is 19.1 Å². The SMILES string of the molecule is CC.CC(=O)O.CCCCCC/C=C/C1CCC[C@@H]1C/C(O)=C/CCCC(=O)O. The van der Waals surface area contributed by atoms with Crippen molar-refractivity contribution in [2.45, 2.75) is 105 Å². The maximum Gasteiger partial charge on any atom is 0.303 e. The second-order valence-electron chi connectivity index (χ2n) is 7.34. The summed E-state index contributed by atoms with van der Waals surface area (Å²) < 4.78 is 0. The van der Waals surface area contributed by atoms with Crippen LogP contribution in [-0.4, -0.2) is 27.3 Å². The van der Waals surface area contributed by atoms with Gasteiger partial charge in [0.25, 0.3) is 5.97 Å². The highest BCUT2D eigenvalue weighted by Gasteiger charge is 2.25. The molecule has 0 saturated heterocycles. The van der Waals surface area contributed by atoms with Gasteiger partial charge in [-0.3, -0.25) is 9.59 Å². The molecule has 2 atom stereocenters. The Hall–Kier alpha value is -1.78. The largest absolute Gasteiger partial charge is 0.513 e. The maximum atomic E-state index is 10.5. The summed E-state index contributed by atoms with van der Waals surface area (Å²) in [6.45, 7) is 7.32. The molecule has 1 aliphatic carbocycles. The molecule has 0 radical (unpaired) electrons. The zero-order valence-electron chi connectivity index (χ0n) is 19.0. The van der Waals surface area contributed by atoms with Crippen LogP contribution in [0.2, 0.25) is 0 Å². The average Bonchev–Trinajstić information content (AvgIpc) is 3.09. The average molecular weight is 413 g/mol. The van der Waals surface area contributed by atoms with Gasteiger partial charge >= 0.3 is 5.97 Å². The van der Waals surface area contributed by atoms with Gasteiger partial charge in [-0.1, -0.05) is 58.6 Å². The Bertz CT molecular complexity index is 464. The summed E-state index contributed by atoms with van der Waals surface area (Å²) >= 11 is 0. The lowest BCUT2D eigenvalue weighted by Crippen LogP contribution is -2.06. The maximum absolute atomic E-state index is 10.5. The van der Waals surface area contributed by atoms with E-state index in [4.69, 9.17) is 15.0 Å². The molecule has 0 amide bonds. The molecule has 3 N–H and O–H groups in total. The molecular formula is C24H44O5. The molecule has 1 saturated carbocycles. The smallest absolute Gasteiger partial charge is 0.303 e. The van der Waals surface area contributed by atoms with Crippen molar-refractivity contribution in [3.05, 3.63) is 24.0 Å². The van der Waals surface area contributed by atoms with Crippen LogP contribution in [-0.2, 0) is 9.59 Å². The lowest BCUT2D eigenvalue weighted by molar-refractivity contribution is -0.137. The minimum atomic E-state index is -0.833. The van der Waals surface area contributed by atoms with Crippen molar-refractivity contribution in [3.63, 3.8) is 0 Å². The molecule has 29 heavy (non-hydrogen) atoms. The number of rotatable bonds is 12. The quantitative estimate of drug-likeness (QED) is 0.180. The van der Waals surface area contributed by atoms with Gasteiger partial charge in [0, 0.05) is 19.8 Å². The summed E-state index contributed by atoms with van der Waals surface area (Å²) in [4.78, 5) is 19.5. The number of allylic oxidation sites excluding steroid dienone is 4. The first-order valence-corrected chi connectivity index (χ1v) is 11.3. The first-order valence-electron chi connectivity index (χ1n) is 11.3. The predicted molar refractivity (Wildman–Crippen MR) is 120 cm³/mol. The van der Waals surface area contributed by atoms with E-state index >= 15 is 0 Å². The molecule has 5 nitrogen and oxygen atoms in total. The van der Waals surface area contributed by atoms with Gasteiger partial charge in [-0.05, 0) is 56.4 Å². The van der Waals surface area contributed by atoms with Gasteiger partial charge in [0.1, 0.15) is 0 Å². The monoisotopic (exact) mass is 412 g/mol. The molecule has 0 spiro atoms. The van der Waals surface area contributed by atoms with Crippen LogP contribution in [0, 0.1) is 11.8 Å². The Morgan fingerprint density at radius 1 is 0.966 bits per heavy atom. The Morgan fingerprint density at radius 3 is 2.21 bits per heavy atom. The van der Waals surface area contributed by atoms with Crippen molar-refractivity contribution >= 4 is 11.9 Å². The molecule has 5 heteroatoms. The molecule has 0 heterocycles. The first-order chi connectivity index (χ1) is 13.9. The van der Waals surface area contributed by atoms with E-state index in [0.29, 0.717) is 30.4 Å². The Kier molecular flexibility index (Phi) is 21.2. The lowest BCUT2D eigenvalue weighted by atomic mass is 9.91. The van der Waals surface area contributed by atoms with Crippen LogP contribution in [0.5, 0.6) is 0 Å². The summed E-state index contributed by atoms with van der Waals surface area (Å²) in [5.74, 6) is 0.00909. The molecule has 0 bridgehead atoms. The Balaban J connectivity index is 0. The van der Waals surface area contributed by atoms with E-state index < -0.39 is 11.9 Å². The number of hydrogen-bond acceptors (Lipinski definition) is 3. The molecule has 0 aliphatic heterocycles. The summed E-state index contributed by atoms with van der Waals surface area (Å²) in [6, 6.07) is 0. The van der Waals surface area contributed by atoms with Crippen LogP contribution in [0.3, 0.4) is 0 Å². The number of unbranched alkanes of at least 4 members (excludes halogenated alkanes) is 5. The van der Waals surface area contributed by atoms with E-state index in [1.807, 2.05) is 19.9 Å². The van der Waals surface area contributed by atoms with Crippen LogP contribution in [0.25, 0.3) is 0 Å². The molecule has 0 aromatic rings. The summed E-state index contributed by atoms with van der Waals surface area (Å²) in [6.07, 6.45) is 18.8. The number of hydrogen-bond donors (Lipinski definition) is 3. The van der Waals surface area contributed by atoms with E-state index in [1.165, 1.54) is 51.4 Å².